The molecule has 0 radical (unpaired) electrons. The van der Waals surface area contributed by atoms with Gasteiger partial charge in [0.25, 0.3) is 0 Å². The molecule has 1 atom stereocenters. The van der Waals surface area contributed by atoms with Gasteiger partial charge in [0.05, 0.1) is 37.6 Å². The third-order valence-corrected chi connectivity index (χ3v) is 10.7. The molecule has 1 N–H and O–H groups in total. The second kappa shape index (κ2) is 18.1. The first kappa shape index (κ1) is 33.8. The zero-order valence-electron chi connectivity index (χ0n) is 26.1. The molecule has 0 aromatic rings. The number of aliphatic hydroxyl groups excluding tert-OH is 1. The van der Waals surface area contributed by atoms with Gasteiger partial charge in [0.15, 0.2) is 0 Å². The van der Waals surface area contributed by atoms with Gasteiger partial charge in [0.2, 0.25) is 0 Å². The van der Waals surface area contributed by atoms with Gasteiger partial charge < -0.3 is 19.3 Å². The van der Waals surface area contributed by atoms with Gasteiger partial charge in [0.1, 0.15) is 0 Å². The van der Waals surface area contributed by atoms with Crippen molar-refractivity contribution in [2.75, 3.05) is 33.5 Å². The Bertz CT molecular complexity index is 813. The Morgan fingerprint density at radius 3 is 1.66 bits per heavy atom. The molecular weight excluding hydrogens is 516 g/mol. The molecule has 0 bridgehead atoms. The van der Waals surface area contributed by atoms with E-state index >= 15 is 0 Å². The van der Waals surface area contributed by atoms with Gasteiger partial charge in [-0.25, -0.2) is 9.59 Å². The van der Waals surface area contributed by atoms with Crippen LogP contribution in [0.25, 0.3) is 0 Å². The molecule has 0 aliphatic heterocycles. The number of methoxy groups -OCH3 is 1. The average molecular weight is 575 g/mol. The minimum Gasteiger partial charge on any atom is -0.462 e. The predicted molar refractivity (Wildman–Crippen MR) is 163 cm³/mol. The van der Waals surface area contributed by atoms with Crippen LogP contribution in [0.2, 0.25) is 0 Å². The molecule has 0 aromatic carbocycles. The highest BCUT2D eigenvalue weighted by molar-refractivity contribution is 5.88. The van der Waals surface area contributed by atoms with Crippen molar-refractivity contribution in [3.63, 3.8) is 0 Å². The highest BCUT2D eigenvalue weighted by atomic mass is 16.5. The van der Waals surface area contributed by atoms with Crippen molar-refractivity contribution in [3.05, 3.63) is 24.3 Å². The van der Waals surface area contributed by atoms with Crippen LogP contribution in [0, 0.1) is 41.4 Å². The van der Waals surface area contributed by atoms with Gasteiger partial charge in [0, 0.05) is 13.0 Å². The van der Waals surface area contributed by atoms with Crippen LogP contribution >= 0.6 is 0 Å². The van der Waals surface area contributed by atoms with Gasteiger partial charge in [-0.1, -0.05) is 58.6 Å². The summed E-state index contributed by atoms with van der Waals surface area (Å²) in [4.78, 5) is 24.5. The van der Waals surface area contributed by atoms with E-state index in [4.69, 9.17) is 14.2 Å². The fourth-order valence-corrected chi connectivity index (χ4v) is 7.99. The maximum Gasteiger partial charge on any atom is 0.335 e. The fraction of sp³-hybridized carbons (Fsp3) is 0.829. The van der Waals surface area contributed by atoms with Crippen molar-refractivity contribution in [1.82, 2.24) is 0 Å². The topological polar surface area (TPSA) is 82.1 Å². The van der Waals surface area contributed by atoms with Crippen molar-refractivity contribution in [3.8, 4) is 0 Å². The Morgan fingerprint density at radius 2 is 1.20 bits per heavy atom. The molecule has 3 aliphatic carbocycles. The first-order valence-electron chi connectivity index (χ1n) is 16.7. The SMILES string of the molecule is C=C(CO)C(=O)OCC(COC(=O)C(=C)COC)C1CCC(C2CCC(C3CCC(CCCCC)CC3)CC2)CC1. The van der Waals surface area contributed by atoms with Crippen LogP contribution in [0.4, 0.5) is 0 Å². The van der Waals surface area contributed by atoms with Crippen LogP contribution in [-0.2, 0) is 23.8 Å². The summed E-state index contributed by atoms with van der Waals surface area (Å²) in [5.74, 6) is 3.73. The molecule has 0 aromatic heterocycles. The van der Waals surface area contributed by atoms with E-state index in [-0.39, 0.29) is 36.9 Å². The summed E-state index contributed by atoms with van der Waals surface area (Å²) in [6.07, 6.45) is 21.6. The van der Waals surface area contributed by atoms with Crippen LogP contribution in [-0.4, -0.2) is 50.6 Å². The fourth-order valence-electron chi connectivity index (χ4n) is 7.99. The van der Waals surface area contributed by atoms with Crippen molar-refractivity contribution in [2.24, 2.45) is 41.4 Å². The number of carbonyl (C=O) groups is 2. The molecule has 3 fully saturated rings. The molecular formula is C35H58O6. The van der Waals surface area contributed by atoms with E-state index in [0.717, 1.165) is 42.4 Å². The van der Waals surface area contributed by atoms with E-state index in [1.807, 2.05) is 0 Å². The third kappa shape index (κ3) is 10.8. The van der Waals surface area contributed by atoms with Crippen LogP contribution in [0.3, 0.4) is 0 Å². The standard InChI is InChI=1S/C35H58O6/c1-5-6-7-8-27-9-11-28(12-10-27)29-13-15-30(16-14-29)31-17-19-32(20-18-31)33(23-40-34(37)25(2)21-36)24-41-35(38)26(3)22-39-4/h27-33,36H,2-3,5-24H2,1,4H3. The molecule has 3 aliphatic rings. The Hall–Kier alpha value is -1.66. The number of rotatable bonds is 16. The van der Waals surface area contributed by atoms with Crippen molar-refractivity contribution >= 4 is 11.9 Å². The quantitative estimate of drug-likeness (QED) is 0.117. The summed E-state index contributed by atoms with van der Waals surface area (Å²) >= 11 is 0. The number of carbonyl (C=O) groups excluding carboxylic acids is 2. The molecule has 0 heterocycles. The summed E-state index contributed by atoms with van der Waals surface area (Å²) < 4.78 is 16.0. The number of esters is 2. The van der Waals surface area contributed by atoms with E-state index in [0.29, 0.717) is 5.92 Å². The normalized spacial score (nSPS) is 29.3. The summed E-state index contributed by atoms with van der Waals surface area (Å²) in [6, 6.07) is 0. The first-order chi connectivity index (χ1) is 19.9. The Labute approximate surface area is 249 Å². The Kier molecular flexibility index (Phi) is 14.9. The number of hydrogen-bond acceptors (Lipinski definition) is 6. The van der Waals surface area contributed by atoms with Crippen molar-refractivity contribution in [1.29, 1.82) is 0 Å². The Balaban J connectivity index is 1.43. The van der Waals surface area contributed by atoms with Gasteiger partial charge in [-0.3, -0.25) is 0 Å². The van der Waals surface area contributed by atoms with Crippen molar-refractivity contribution < 1.29 is 28.9 Å². The number of hydrogen-bond donors (Lipinski definition) is 1. The maximum atomic E-state index is 12.3. The minimum atomic E-state index is -0.594. The number of unbranched alkanes of at least 4 members (excludes halogenated alkanes) is 2. The molecule has 0 saturated heterocycles. The van der Waals surface area contributed by atoms with Crippen LogP contribution in [0.5, 0.6) is 0 Å². The highest BCUT2D eigenvalue weighted by Crippen LogP contribution is 2.47. The largest absolute Gasteiger partial charge is 0.462 e. The summed E-state index contributed by atoms with van der Waals surface area (Å²) in [6.45, 7) is 9.63. The van der Waals surface area contributed by atoms with Crippen LogP contribution in [0.1, 0.15) is 110 Å². The lowest BCUT2D eigenvalue weighted by molar-refractivity contribution is -0.146. The third-order valence-electron chi connectivity index (χ3n) is 10.7. The lowest BCUT2D eigenvalue weighted by Crippen LogP contribution is -2.34. The van der Waals surface area contributed by atoms with Crippen LogP contribution in [0.15, 0.2) is 24.3 Å². The number of ether oxygens (including phenoxy) is 3. The summed E-state index contributed by atoms with van der Waals surface area (Å²) in [5.41, 5.74) is 0.310. The van der Waals surface area contributed by atoms with Gasteiger partial charge >= 0.3 is 11.9 Å². The van der Waals surface area contributed by atoms with Gasteiger partial charge in [-0.15, -0.1) is 0 Å². The molecule has 0 spiro atoms. The monoisotopic (exact) mass is 574 g/mol. The molecule has 234 valence electrons. The molecule has 41 heavy (non-hydrogen) atoms. The molecule has 0 amide bonds. The molecule has 3 rings (SSSR count). The Morgan fingerprint density at radius 1 is 0.732 bits per heavy atom. The number of aliphatic hydroxyl groups is 1. The predicted octanol–water partition coefficient (Wildman–Crippen LogP) is 7.44. The van der Waals surface area contributed by atoms with Gasteiger partial charge in [-0.05, 0) is 99.7 Å². The average Bonchev–Trinajstić information content (AvgIpc) is 3.01. The molecule has 6 heteroatoms. The first-order valence-corrected chi connectivity index (χ1v) is 16.7. The van der Waals surface area contributed by atoms with E-state index in [2.05, 4.69) is 20.1 Å². The summed E-state index contributed by atoms with van der Waals surface area (Å²) in [7, 11) is 1.51. The molecule has 6 nitrogen and oxygen atoms in total. The zero-order valence-corrected chi connectivity index (χ0v) is 26.1. The second-order valence-corrected chi connectivity index (χ2v) is 13.4. The second-order valence-electron chi connectivity index (χ2n) is 13.4. The maximum absolute atomic E-state index is 12.3. The van der Waals surface area contributed by atoms with E-state index in [1.54, 1.807) is 0 Å². The lowest BCUT2D eigenvalue weighted by atomic mass is 9.64. The van der Waals surface area contributed by atoms with Crippen molar-refractivity contribution in [2.45, 2.75) is 110 Å². The highest BCUT2D eigenvalue weighted by Gasteiger charge is 2.36. The van der Waals surface area contributed by atoms with E-state index < -0.39 is 18.5 Å². The molecule has 3 saturated carbocycles. The minimum absolute atomic E-state index is 0.0357. The zero-order chi connectivity index (χ0) is 29.6. The lowest BCUT2D eigenvalue weighted by Gasteiger charge is -2.42. The van der Waals surface area contributed by atoms with E-state index in [1.165, 1.54) is 97.0 Å². The van der Waals surface area contributed by atoms with E-state index in [9.17, 15) is 14.7 Å². The molecule has 1 unspecified atom stereocenters. The summed E-state index contributed by atoms with van der Waals surface area (Å²) in [5, 5.41) is 9.21. The smallest absolute Gasteiger partial charge is 0.335 e. The van der Waals surface area contributed by atoms with Crippen LogP contribution < -0.4 is 0 Å². The van der Waals surface area contributed by atoms with Gasteiger partial charge in [-0.2, -0.15) is 0 Å².